The standard InChI is InChI=1S/C6H9Br2Cl2NO2/c1-6(8,2-7)5(13)11-4(12)3(9)10/h3-4,12H,2H2,1H3,(H,11,13). The Morgan fingerprint density at radius 1 is 1.69 bits per heavy atom. The lowest BCUT2D eigenvalue weighted by Crippen LogP contribution is -2.48. The van der Waals surface area contributed by atoms with E-state index in [0.29, 0.717) is 5.33 Å². The number of carbonyl (C=O) groups is 1. The van der Waals surface area contributed by atoms with Crippen molar-refractivity contribution < 1.29 is 9.90 Å². The molecule has 13 heavy (non-hydrogen) atoms. The number of amides is 1. The van der Waals surface area contributed by atoms with Crippen LogP contribution in [0, 0.1) is 0 Å². The summed E-state index contributed by atoms with van der Waals surface area (Å²) in [6.07, 6.45) is -1.26. The molecule has 0 fully saturated rings. The summed E-state index contributed by atoms with van der Waals surface area (Å²) in [6, 6.07) is 0. The molecule has 2 unspecified atom stereocenters. The quantitative estimate of drug-likeness (QED) is 0.595. The van der Waals surface area contributed by atoms with Gasteiger partial charge in [0.05, 0.1) is 0 Å². The highest BCUT2D eigenvalue weighted by molar-refractivity contribution is 9.12. The number of halogens is 4. The van der Waals surface area contributed by atoms with Gasteiger partial charge in [-0.1, -0.05) is 31.9 Å². The molecule has 3 nitrogen and oxygen atoms in total. The fourth-order valence-corrected chi connectivity index (χ4v) is 0.904. The van der Waals surface area contributed by atoms with Crippen molar-refractivity contribution in [3.8, 4) is 0 Å². The first-order chi connectivity index (χ1) is 5.81. The van der Waals surface area contributed by atoms with E-state index in [1.165, 1.54) is 0 Å². The molecule has 78 valence electrons. The van der Waals surface area contributed by atoms with E-state index in [1.54, 1.807) is 6.92 Å². The Morgan fingerprint density at radius 2 is 2.15 bits per heavy atom. The van der Waals surface area contributed by atoms with Crippen molar-refractivity contribution >= 4 is 61.0 Å². The maximum absolute atomic E-state index is 11.3. The number of carbonyl (C=O) groups excluding carboxylic acids is 1. The molecule has 0 aliphatic carbocycles. The first-order valence-corrected chi connectivity index (χ1v) is 6.12. The van der Waals surface area contributed by atoms with Gasteiger partial charge in [-0.05, 0) is 6.92 Å². The molecule has 2 N–H and O–H groups in total. The molecular weight excluding hydrogens is 349 g/mol. The van der Waals surface area contributed by atoms with Crippen molar-refractivity contribution in [2.75, 3.05) is 5.33 Å². The van der Waals surface area contributed by atoms with Gasteiger partial charge in [0.1, 0.15) is 4.32 Å². The van der Waals surface area contributed by atoms with Gasteiger partial charge < -0.3 is 10.4 Å². The van der Waals surface area contributed by atoms with Gasteiger partial charge in [0, 0.05) is 5.33 Å². The number of aliphatic hydroxyl groups excluding tert-OH is 1. The molecule has 0 saturated carbocycles. The number of alkyl halides is 4. The van der Waals surface area contributed by atoms with Crippen molar-refractivity contribution in [3.05, 3.63) is 0 Å². The largest absolute Gasteiger partial charge is 0.371 e. The predicted molar refractivity (Wildman–Crippen MR) is 60.8 cm³/mol. The normalized spacial score (nSPS) is 18.1. The minimum absolute atomic E-state index is 0.386. The predicted octanol–water partition coefficient (Wildman–Crippen LogP) is 1.77. The Bertz CT molecular complexity index is 189. The van der Waals surface area contributed by atoms with Crippen LogP contribution in [0.3, 0.4) is 0 Å². The van der Waals surface area contributed by atoms with E-state index >= 15 is 0 Å². The molecule has 0 aromatic rings. The van der Waals surface area contributed by atoms with Crippen LogP contribution in [0.25, 0.3) is 0 Å². The second-order valence-corrected chi connectivity index (χ2v) is 6.06. The minimum Gasteiger partial charge on any atom is -0.371 e. The average Bonchev–Trinajstić information content (AvgIpc) is 2.04. The Labute approximate surface area is 103 Å². The Morgan fingerprint density at radius 3 is 2.46 bits per heavy atom. The molecule has 0 heterocycles. The van der Waals surface area contributed by atoms with Crippen molar-refractivity contribution in [1.82, 2.24) is 5.32 Å². The van der Waals surface area contributed by atoms with E-state index in [0.717, 1.165) is 0 Å². The lowest BCUT2D eigenvalue weighted by Gasteiger charge is -2.21. The highest BCUT2D eigenvalue weighted by atomic mass is 79.9. The van der Waals surface area contributed by atoms with Crippen molar-refractivity contribution in [2.45, 2.75) is 22.3 Å². The summed E-state index contributed by atoms with van der Waals surface area (Å²) in [5.74, 6) is -0.386. The summed E-state index contributed by atoms with van der Waals surface area (Å²) >= 11 is 17.0. The van der Waals surface area contributed by atoms with Crippen molar-refractivity contribution in [2.24, 2.45) is 0 Å². The van der Waals surface area contributed by atoms with Crippen LogP contribution in [-0.2, 0) is 4.79 Å². The highest BCUT2D eigenvalue weighted by Crippen LogP contribution is 2.20. The number of hydrogen-bond acceptors (Lipinski definition) is 2. The molecule has 0 radical (unpaired) electrons. The van der Waals surface area contributed by atoms with E-state index < -0.39 is 15.4 Å². The summed E-state index contributed by atoms with van der Waals surface area (Å²) in [4.78, 5) is 10.3. The van der Waals surface area contributed by atoms with Gasteiger partial charge in [0.25, 0.3) is 0 Å². The second-order valence-electron chi connectivity index (χ2n) is 2.58. The third kappa shape index (κ3) is 4.83. The summed E-state index contributed by atoms with van der Waals surface area (Å²) in [5, 5.41) is 11.8. The number of hydrogen-bond donors (Lipinski definition) is 2. The van der Waals surface area contributed by atoms with Crippen LogP contribution in [-0.4, -0.2) is 31.7 Å². The summed E-state index contributed by atoms with van der Waals surface area (Å²) < 4.78 is -0.781. The monoisotopic (exact) mass is 355 g/mol. The van der Waals surface area contributed by atoms with Crippen LogP contribution < -0.4 is 5.32 Å². The van der Waals surface area contributed by atoms with Crippen LogP contribution in [0.2, 0.25) is 0 Å². The van der Waals surface area contributed by atoms with Gasteiger partial charge in [-0.15, -0.1) is 23.2 Å². The van der Waals surface area contributed by atoms with E-state index in [4.69, 9.17) is 28.3 Å². The van der Waals surface area contributed by atoms with E-state index in [9.17, 15) is 4.79 Å². The molecule has 0 bridgehead atoms. The third-order valence-electron chi connectivity index (χ3n) is 1.24. The number of aliphatic hydroxyl groups is 1. The van der Waals surface area contributed by atoms with Gasteiger partial charge in [0.2, 0.25) is 5.91 Å². The second kappa shape index (κ2) is 5.75. The van der Waals surface area contributed by atoms with E-state index in [1.807, 2.05) is 0 Å². The maximum atomic E-state index is 11.3. The molecule has 0 aromatic heterocycles. The zero-order valence-corrected chi connectivity index (χ0v) is 11.4. The van der Waals surface area contributed by atoms with E-state index in [-0.39, 0.29) is 5.91 Å². The first-order valence-electron chi connectivity index (χ1n) is 3.33. The van der Waals surface area contributed by atoms with Crippen LogP contribution in [0.5, 0.6) is 0 Å². The Kier molecular flexibility index (Phi) is 6.18. The average molecular weight is 358 g/mol. The van der Waals surface area contributed by atoms with Crippen molar-refractivity contribution in [3.63, 3.8) is 0 Å². The van der Waals surface area contributed by atoms with Gasteiger partial charge in [-0.25, -0.2) is 0 Å². The fourth-order valence-electron chi connectivity index (χ4n) is 0.408. The van der Waals surface area contributed by atoms with Crippen LogP contribution in [0.4, 0.5) is 0 Å². The zero-order chi connectivity index (χ0) is 10.6. The molecule has 1 amide bonds. The molecule has 0 aliphatic heterocycles. The van der Waals surface area contributed by atoms with Crippen LogP contribution in [0.15, 0.2) is 0 Å². The molecule has 7 heteroatoms. The maximum Gasteiger partial charge on any atom is 0.239 e. The van der Waals surface area contributed by atoms with Gasteiger partial charge in [-0.2, -0.15) is 0 Å². The van der Waals surface area contributed by atoms with Gasteiger partial charge in [0.15, 0.2) is 11.1 Å². The summed E-state index contributed by atoms with van der Waals surface area (Å²) in [7, 11) is 0. The van der Waals surface area contributed by atoms with Crippen molar-refractivity contribution in [1.29, 1.82) is 0 Å². The molecular formula is C6H9Br2Cl2NO2. The summed E-state index contributed by atoms with van der Waals surface area (Å²) in [6.45, 7) is 1.65. The Hall–Kier alpha value is 0.970. The smallest absolute Gasteiger partial charge is 0.239 e. The lowest BCUT2D eigenvalue weighted by molar-refractivity contribution is -0.125. The topological polar surface area (TPSA) is 49.3 Å². The molecule has 0 aliphatic rings. The molecule has 0 rings (SSSR count). The number of nitrogens with one attached hydrogen (secondary N) is 1. The molecule has 0 saturated heterocycles. The third-order valence-corrected chi connectivity index (χ3v) is 4.23. The number of rotatable bonds is 4. The van der Waals surface area contributed by atoms with E-state index in [2.05, 4.69) is 37.2 Å². The zero-order valence-electron chi connectivity index (χ0n) is 6.73. The minimum atomic E-state index is -1.26. The molecule has 0 aromatic carbocycles. The lowest BCUT2D eigenvalue weighted by atomic mass is 10.2. The Balaban J connectivity index is 4.15. The van der Waals surface area contributed by atoms with Gasteiger partial charge in [-0.3, -0.25) is 4.79 Å². The highest BCUT2D eigenvalue weighted by Gasteiger charge is 2.30. The van der Waals surface area contributed by atoms with Crippen LogP contribution >= 0.6 is 55.1 Å². The fraction of sp³-hybridized carbons (Fsp3) is 0.833. The first kappa shape index (κ1) is 14.0. The molecule has 0 spiro atoms. The van der Waals surface area contributed by atoms with Gasteiger partial charge >= 0.3 is 0 Å². The molecule has 2 atom stereocenters. The summed E-state index contributed by atoms with van der Waals surface area (Å²) in [5.41, 5.74) is 0. The SMILES string of the molecule is CC(Br)(CBr)C(=O)NC(O)C(Cl)Cl. The van der Waals surface area contributed by atoms with Crippen LogP contribution in [0.1, 0.15) is 6.92 Å².